The van der Waals surface area contributed by atoms with Gasteiger partial charge in [-0.25, -0.2) is 9.97 Å². The number of hydrogen-bond donors (Lipinski definition) is 2. The molecular weight excluding hydrogens is 140 g/mol. The van der Waals surface area contributed by atoms with E-state index in [0.717, 1.165) is 5.82 Å². The van der Waals surface area contributed by atoms with Gasteiger partial charge in [-0.05, 0) is 12.8 Å². The van der Waals surface area contributed by atoms with Gasteiger partial charge in [0, 0.05) is 6.04 Å². The Morgan fingerprint density at radius 2 is 2.36 bits per heavy atom. The third-order valence-electron chi connectivity index (χ3n) is 1.66. The second-order valence-corrected chi connectivity index (χ2v) is 2.75. The van der Waals surface area contributed by atoms with Gasteiger partial charge in [0.25, 0.3) is 0 Å². The van der Waals surface area contributed by atoms with Gasteiger partial charge >= 0.3 is 0 Å². The first kappa shape index (κ1) is 6.39. The Kier molecular flexibility index (Phi) is 1.38. The zero-order chi connectivity index (χ0) is 7.68. The maximum atomic E-state index is 5.61. The van der Waals surface area contributed by atoms with Crippen LogP contribution in [0.15, 0.2) is 12.5 Å². The van der Waals surface area contributed by atoms with Crippen molar-refractivity contribution in [3.63, 3.8) is 0 Å². The van der Waals surface area contributed by atoms with Crippen LogP contribution in [-0.4, -0.2) is 16.0 Å². The maximum Gasteiger partial charge on any atom is 0.152 e. The number of anilines is 2. The summed E-state index contributed by atoms with van der Waals surface area (Å²) in [6, 6.07) is 0.590. The standard InChI is InChI=1S/C7H10N4/c8-6-3-9-4-10-7(6)11-5-1-2-5/h3-5H,1-2,8H2,(H,9,10,11). The van der Waals surface area contributed by atoms with E-state index in [9.17, 15) is 0 Å². The van der Waals surface area contributed by atoms with E-state index in [1.54, 1.807) is 6.20 Å². The fourth-order valence-corrected chi connectivity index (χ4v) is 0.882. The third kappa shape index (κ3) is 1.39. The van der Waals surface area contributed by atoms with Crippen LogP contribution in [0.1, 0.15) is 12.8 Å². The molecule has 1 aliphatic carbocycles. The van der Waals surface area contributed by atoms with Crippen LogP contribution in [0.2, 0.25) is 0 Å². The van der Waals surface area contributed by atoms with E-state index in [-0.39, 0.29) is 0 Å². The number of nitrogens with one attached hydrogen (secondary N) is 1. The van der Waals surface area contributed by atoms with Crippen LogP contribution >= 0.6 is 0 Å². The first-order chi connectivity index (χ1) is 5.36. The normalized spacial score (nSPS) is 16.4. The predicted molar refractivity (Wildman–Crippen MR) is 43.1 cm³/mol. The molecule has 1 aliphatic rings. The zero-order valence-electron chi connectivity index (χ0n) is 6.12. The zero-order valence-corrected chi connectivity index (χ0v) is 6.12. The van der Waals surface area contributed by atoms with Crippen molar-refractivity contribution in [2.45, 2.75) is 18.9 Å². The van der Waals surface area contributed by atoms with Crippen LogP contribution in [0, 0.1) is 0 Å². The summed E-state index contributed by atoms with van der Waals surface area (Å²) in [5.41, 5.74) is 6.23. The van der Waals surface area contributed by atoms with E-state index in [1.807, 2.05) is 0 Å². The van der Waals surface area contributed by atoms with Gasteiger partial charge in [0.1, 0.15) is 6.33 Å². The molecule has 1 saturated carbocycles. The summed E-state index contributed by atoms with van der Waals surface area (Å²) in [5, 5.41) is 3.21. The molecular formula is C7H10N4. The monoisotopic (exact) mass is 150 g/mol. The van der Waals surface area contributed by atoms with Gasteiger partial charge in [0.05, 0.1) is 11.9 Å². The van der Waals surface area contributed by atoms with E-state index in [2.05, 4.69) is 15.3 Å². The summed E-state index contributed by atoms with van der Waals surface area (Å²) in [4.78, 5) is 7.81. The Bertz CT molecular complexity index is 256. The van der Waals surface area contributed by atoms with Gasteiger partial charge in [-0.15, -0.1) is 0 Å². The highest BCUT2D eigenvalue weighted by molar-refractivity contribution is 5.59. The summed E-state index contributed by atoms with van der Waals surface area (Å²) in [6.07, 6.45) is 5.56. The largest absolute Gasteiger partial charge is 0.394 e. The van der Waals surface area contributed by atoms with E-state index in [4.69, 9.17) is 5.73 Å². The van der Waals surface area contributed by atoms with Gasteiger partial charge in [0.2, 0.25) is 0 Å². The minimum atomic E-state index is 0.590. The van der Waals surface area contributed by atoms with Crippen LogP contribution in [0.3, 0.4) is 0 Å². The molecule has 2 rings (SSSR count). The lowest BCUT2D eigenvalue weighted by atomic mass is 10.5. The van der Waals surface area contributed by atoms with Crippen molar-refractivity contribution in [2.24, 2.45) is 0 Å². The van der Waals surface area contributed by atoms with E-state index < -0.39 is 0 Å². The van der Waals surface area contributed by atoms with Crippen molar-refractivity contribution in [1.82, 2.24) is 9.97 Å². The second kappa shape index (κ2) is 2.38. The highest BCUT2D eigenvalue weighted by Crippen LogP contribution is 2.25. The van der Waals surface area contributed by atoms with Gasteiger partial charge < -0.3 is 11.1 Å². The van der Waals surface area contributed by atoms with Crippen molar-refractivity contribution in [3.05, 3.63) is 12.5 Å². The number of hydrogen-bond acceptors (Lipinski definition) is 4. The van der Waals surface area contributed by atoms with E-state index in [1.165, 1.54) is 19.2 Å². The number of nitrogens with two attached hydrogens (primary N) is 1. The van der Waals surface area contributed by atoms with E-state index >= 15 is 0 Å². The number of nitrogens with zero attached hydrogens (tertiary/aromatic N) is 2. The van der Waals surface area contributed by atoms with Gasteiger partial charge in [-0.3, -0.25) is 0 Å². The second-order valence-electron chi connectivity index (χ2n) is 2.75. The van der Waals surface area contributed by atoms with Crippen molar-refractivity contribution < 1.29 is 0 Å². The molecule has 1 heterocycles. The molecule has 11 heavy (non-hydrogen) atoms. The van der Waals surface area contributed by atoms with Crippen LogP contribution in [0.25, 0.3) is 0 Å². The lowest BCUT2D eigenvalue weighted by Gasteiger charge is -2.03. The molecule has 0 bridgehead atoms. The molecule has 0 aromatic carbocycles. The van der Waals surface area contributed by atoms with Crippen molar-refractivity contribution in [3.8, 4) is 0 Å². The fourth-order valence-electron chi connectivity index (χ4n) is 0.882. The average Bonchev–Trinajstić information content (AvgIpc) is 2.78. The first-order valence-corrected chi connectivity index (χ1v) is 3.68. The highest BCUT2D eigenvalue weighted by Gasteiger charge is 2.21. The average molecular weight is 150 g/mol. The first-order valence-electron chi connectivity index (χ1n) is 3.68. The Morgan fingerprint density at radius 3 is 3.00 bits per heavy atom. The summed E-state index contributed by atoms with van der Waals surface area (Å²) in [6.45, 7) is 0. The molecule has 0 aliphatic heterocycles. The molecule has 0 amide bonds. The molecule has 1 aromatic heterocycles. The van der Waals surface area contributed by atoms with Crippen LogP contribution in [-0.2, 0) is 0 Å². The molecule has 3 N–H and O–H groups in total. The molecule has 4 nitrogen and oxygen atoms in total. The smallest absolute Gasteiger partial charge is 0.152 e. The topological polar surface area (TPSA) is 63.8 Å². The Hall–Kier alpha value is -1.32. The lowest BCUT2D eigenvalue weighted by molar-refractivity contribution is 1.08. The lowest BCUT2D eigenvalue weighted by Crippen LogP contribution is -2.06. The molecule has 58 valence electrons. The Labute approximate surface area is 64.8 Å². The molecule has 1 fully saturated rings. The fraction of sp³-hybridized carbons (Fsp3) is 0.429. The van der Waals surface area contributed by atoms with Crippen molar-refractivity contribution in [2.75, 3.05) is 11.1 Å². The minimum absolute atomic E-state index is 0.590. The molecule has 4 heteroatoms. The van der Waals surface area contributed by atoms with Crippen molar-refractivity contribution >= 4 is 11.5 Å². The minimum Gasteiger partial charge on any atom is -0.394 e. The highest BCUT2D eigenvalue weighted by atomic mass is 15.1. The molecule has 0 atom stereocenters. The Morgan fingerprint density at radius 1 is 1.55 bits per heavy atom. The summed E-state index contributed by atoms with van der Waals surface area (Å²) in [5.74, 6) is 0.766. The third-order valence-corrected chi connectivity index (χ3v) is 1.66. The quantitative estimate of drug-likeness (QED) is 0.649. The van der Waals surface area contributed by atoms with Gasteiger partial charge in [-0.2, -0.15) is 0 Å². The van der Waals surface area contributed by atoms with Crippen LogP contribution < -0.4 is 11.1 Å². The maximum absolute atomic E-state index is 5.61. The molecule has 0 spiro atoms. The summed E-state index contributed by atoms with van der Waals surface area (Å²) in [7, 11) is 0. The number of aromatic nitrogens is 2. The van der Waals surface area contributed by atoms with Gasteiger partial charge in [-0.1, -0.05) is 0 Å². The Balaban J connectivity index is 2.15. The molecule has 0 radical (unpaired) electrons. The molecule has 1 aromatic rings. The number of rotatable bonds is 2. The van der Waals surface area contributed by atoms with Gasteiger partial charge in [0.15, 0.2) is 5.82 Å². The number of nitrogen functional groups attached to an aromatic ring is 1. The molecule has 0 saturated heterocycles. The van der Waals surface area contributed by atoms with Crippen LogP contribution in [0.4, 0.5) is 11.5 Å². The summed E-state index contributed by atoms with van der Waals surface area (Å²) >= 11 is 0. The summed E-state index contributed by atoms with van der Waals surface area (Å²) < 4.78 is 0. The van der Waals surface area contributed by atoms with Crippen molar-refractivity contribution in [1.29, 1.82) is 0 Å². The predicted octanol–water partition coefficient (Wildman–Crippen LogP) is 0.633. The van der Waals surface area contributed by atoms with E-state index in [0.29, 0.717) is 11.7 Å². The SMILES string of the molecule is Nc1cncnc1NC1CC1. The van der Waals surface area contributed by atoms with Crippen LogP contribution in [0.5, 0.6) is 0 Å². The molecule has 0 unspecified atom stereocenters.